The van der Waals surface area contributed by atoms with E-state index in [1.165, 1.54) is 0 Å². The van der Waals surface area contributed by atoms with Crippen LogP contribution in [0.4, 0.5) is 0 Å². The van der Waals surface area contributed by atoms with Gasteiger partial charge in [-0.3, -0.25) is 9.59 Å². The third kappa shape index (κ3) is 5.01. The molecule has 0 aliphatic carbocycles. The van der Waals surface area contributed by atoms with Crippen molar-refractivity contribution in [2.24, 2.45) is 5.73 Å². The van der Waals surface area contributed by atoms with Crippen molar-refractivity contribution in [1.29, 1.82) is 0 Å². The first-order valence-electron chi connectivity index (χ1n) is 5.92. The summed E-state index contributed by atoms with van der Waals surface area (Å²) >= 11 is 0. The van der Waals surface area contributed by atoms with Crippen molar-refractivity contribution < 1.29 is 19.1 Å². The minimum Gasteiger partial charge on any atom is -0.481 e. The Bertz CT molecular complexity index is 401. The predicted molar refractivity (Wildman–Crippen MR) is 65.0 cm³/mol. The zero-order chi connectivity index (χ0) is 13.4. The summed E-state index contributed by atoms with van der Waals surface area (Å²) in [6.07, 6.45) is 2.33. The van der Waals surface area contributed by atoms with Crippen LogP contribution in [0, 0.1) is 0 Å². The highest BCUT2D eigenvalue weighted by atomic mass is 16.4. The second kappa shape index (κ2) is 7.50. The molecule has 4 N–H and O–H groups in total. The number of nitrogens with one attached hydrogen (secondary N) is 1. The molecule has 0 atom stereocenters. The van der Waals surface area contributed by atoms with Gasteiger partial charge < -0.3 is 20.6 Å². The molecular weight excluding hydrogens is 236 g/mol. The lowest BCUT2D eigenvalue weighted by molar-refractivity contribution is -0.137. The van der Waals surface area contributed by atoms with Gasteiger partial charge in [0.05, 0.1) is 6.54 Å². The van der Waals surface area contributed by atoms with E-state index in [9.17, 15) is 9.59 Å². The first-order chi connectivity index (χ1) is 8.63. The number of hydrogen-bond acceptors (Lipinski definition) is 4. The first kappa shape index (κ1) is 14.2. The fraction of sp³-hybridized carbons (Fsp3) is 0.500. The Morgan fingerprint density at radius 2 is 2.06 bits per heavy atom. The fourth-order valence-corrected chi connectivity index (χ4v) is 1.48. The number of aliphatic carboxylic acids is 1. The minimum atomic E-state index is -0.788. The number of furan rings is 1. The van der Waals surface area contributed by atoms with Crippen LogP contribution in [0.15, 0.2) is 16.5 Å². The van der Waals surface area contributed by atoms with Crippen molar-refractivity contribution in [1.82, 2.24) is 5.32 Å². The van der Waals surface area contributed by atoms with E-state index in [0.29, 0.717) is 18.7 Å². The molecule has 6 nitrogen and oxygen atoms in total. The van der Waals surface area contributed by atoms with Gasteiger partial charge in [-0.15, -0.1) is 0 Å². The van der Waals surface area contributed by atoms with Crippen LogP contribution >= 0.6 is 0 Å². The van der Waals surface area contributed by atoms with Gasteiger partial charge in [-0.25, -0.2) is 0 Å². The van der Waals surface area contributed by atoms with Crippen molar-refractivity contribution in [3.63, 3.8) is 0 Å². The molecular formula is C12H18N2O4. The highest BCUT2D eigenvalue weighted by Crippen LogP contribution is 2.06. The van der Waals surface area contributed by atoms with Gasteiger partial charge in [0.15, 0.2) is 5.76 Å². The average Bonchev–Trinajstić information content (AvgIpc) is 2.81. The van der Waals surface area contributed by atoms with Gasteiger partial charge in [0.2, 0.25) is 0 Å². The quantitative estimate of drug-likeness (QED) is 0.603. The van der Waals surface area contributed by atoms with Gasteiger partial charge in [-0.1, -0.05) is 6.42 Å². The first-order valence-corrected chi connectivity index (χ1v) is 5.92. The number of unbranched alkanes of at least 4 members (excludes halogenated alkanes) is 2. The summed E-state index contributed by atoms with van der Waals surface area (Å²) < 4.78 is 5.19. The summed E-state index contributed by atoms with van der Waals surface area (Å²) in [6.45, 7) is 0.777. The number of nitrogens with two attached hydrogens (primary N) is 1. The maximum absolute atomic E-state index is 11.6. The highest BCUT2D eigenvalue weighted by Gasteiger charge is 2.09. The Morgan fingerprint density at radius 3 is 2.67 bits per heavy atom. The Kier molecular flexibility index (Phi) is 5.93. The molecule has 0 unspecified atom stereocenters. The van der Waals surface area contributed by atoms with Crippen LogP contribution in [0.3, 0.4) is 0 Å². The van der Waals surface area contributed by atoms with Crippen molar-refractivity contribution in [3.8, 4) is 0 Å². The molecule has 0 saturated carbocycles. The van der Waals surface area contributed by atoms with Crippen molar-refractivity contribution in [2.45, 2.75) is 32.2 Å². The maximum Gasteiger partial charge on any atom is 0.303 e. The standard InChI is InChI=1S/C12H18N2O4/c13-8-9-5-6-10(18-9)12(17)14-7-3-1-2-4-11(15)16/h5-6H,1-4,7-8,13H2,(H,14,17)(H,15,16). The Hall–Kier alpha value is -1.82. The van der Waals surface area contributed by atoms with E-state index in [4.69, 9.17) is 15.3 Å². The van der Waals surface area contributed by atoms with Crippen molar-refractivity contribution in [3.05, 3.63) is 23.7 Å². The van der Waals surface area contributed by atoms with Crippen LogP contribution in [-0.2, 0) is 11.3 Å². The summed E-state index contributed by atoms with van der Waals surface area (Å²) in [7, 11) is 0. The van der Waals surface area contributed by atoms with Crippen molar-refractivity contribution >= 4 is 11.9 Å². The van der Waals surface area contributed by atoms with Crippen LogP contribution < -0.4 is 11.1 Å². The van der Waals surface area contributed by atoms with E-state index in [2.05, 4.69) is 5.32 Å². The topological polar surface area (TPSA) is 106 Å². The van der Waals surface area contributed by atoms with E-state index in [0.717, 1.165) is 12.8 Å². The molecule has 0 aromatic carbocycles. The molecule has 0 aliphatic rings. The predicted octanol–water partition coefficient (Wildman–Crippen LogP) is 1.11. The van der Waals surface area contributed by atoms with Crippen LogP contribution in [0.1, 0.15) is 42.0 Å². The third-order valence-corrected chi connectivity index (χ3v) is 2.44. The van der Waals surface area contributed by atoms with Gasteiger partial charge in [0.1, 0.15) is 5.76 Å². The normalized spacial score (nSPS) is 10.3. The second-order valence-electron chi connectivity index (χ2n) is 3.93. The molecule has 6 heteroatoms. The molecule has 0 spiro atoms. The molecule has 1 heterocycles. The molecule has 0 saturated heterocycles. The molecule has 0 aliphatic heterocycles. The Labute approximate surface area is 105 Å². The number of carboxylic acid groups (broad SMARTS) is 1. The molecule has 0 fully saturated rings. The molecule has 0 bridgehead atoms. The van der Waals surface area contributed by atoms with Gasteiger partial charge in [0, 0.05) is 13.0 Å². The number of hydrogen-bond donors (Lipinski definition) is 3. The third-order valence-electron chi connectivity index (χ3n) is 2.44. The molecule has 1 aromatic heterocycles. The van der Waals surface area contributed by atoms with E-state index in [-0.39, 0.29) is 24.6 Å². The highest BCUT2D eigenvalue weighted by molar-refractivity contribution is 5.91. The molecule has 100 valence electrons. The monoisotopic (exact) mass is 254 g/mol. The van der Waals surface area contributed by atoms with Crippen LogP contribution in [0.5, 0.6) is 0 Å². The van der Waals surface area contributed by atoms with Gasteiger partial charge in [-0.2, -0.15) is 0 Å². The number of carbonyl (C=O) groups excluding carboxylic acids is 1. The van der Waals surface area contributed by atoms with Gasteiger partial charge in [0.25, 0.3) is 5.91 Å². The van der Waals surface area contributed by atoms with E-state index < -0.39 is 5.97 Å². The Balaban J connectivity index is 2.15. The number of rotatable bonds is 8. The smallest absolute Gasteiger partial charge is 0.303 e. The maximum atomic E-state index is 11.6. The van der Waals surface area contributed by atoms with Crippen molar-refractivity contribution in [2.75, 3.05) is 6.54 Å². The van der Waals surface area contributed by atoms with E-state index >= 15 is 0 Å². The lowest BCUT2D eigenvalue weighted by Gasteiger charge is -2.02. The van der Waals surface area contributed by atoms with Crippen LogP contribution in [0.2, 0.25) is 0 Å². The Morgan fingerprint density at radius 1 is 1.28 bits per heavy atom. The van der Waals surface area contributed by atoms with E-state index in [1.807, 2.05) is 0 Å². The largest absolute Gasteiger partial charge is 0.481 e. The minimum absolute atomic E-state index is 0.173. The molecule has 1 aromatic rings. The number of amides is 1. The summed E-state index contributed by atoms with van der Waals surface area (Å²) in [5.74, 6) is -0.237. The van der Waals surface area contributed by atoms with Crippen LogP contribution in [0.25, 0.3) is 0 Å². The average molecular weight is 254 g/mol. The second-order valence-corrected chi connectivity index (χ2v) is 3.93. The van der Waals surface area contributed by atoms with Gasteiger partial charge in [-0.05, 0) is 25.0 Å². The summed E-state index contributed by atoms with van der Waals surface area (Å²) in [5, 5.41) is 11.1. The molecule has 1 rings (SSSR count). The fourth-order valence-electron chi connectivity index (χ4n) is 1.48. The SMILES string of the molecule is NCc1ccc(C(=O)NCCCCCC(=O)O)o1. The summed E-state index contributed by atoms with van der Waals surface area (Å²) in [5.41, 5.74) is 5.37. The number of carbonyl (C=O) groups is 2. The van der Waals surface area contributed by atoms with E-state index in [1.54, 1.807) is 12.1 Å². The molecule has 0 radical (unpaired) electrons. The van der Waals surface area contributed by atoms with Gasteiger partial charge >= 0.3 is 5.97 Å². The zero-order valence-electron chi connectivity index (χ0n) is 10.1. The molecule has 18 heavy (non-hydrogen) atoms. The van der Waals surface area contributed by atoms with Crippen LogP contribution in [-0.4, -0.2) is 23.5 Å². The number of carboxylic acids is 1. The summed E-state index contributed by atoms with van der Waals surface area (Å²) in [6, 6.07) is 3.25. The lowest BCUT2D eigenvalue weighted by Crippen LogP contribution is -2.23. The summed E-state index contributed by atoms with van der Waals surface area (Å²) in [4.78, 5) is 21.8. The molecule has 1 amide bonds. The zero-order valence-corrected chi connectivity index (χ0v) is 10.1. The lowest BCUT2D eigenvalue weighted by atomic mass is 10.2.